The molecule has 3 rings (SSSR count). The summed E-state index contributed by atoms with van der Waals surface area (Å²) in [6, 6.07) is 0. The predicted octanol–water partition coefficient (Wildman–Crippen LogP) is 3.26. The van der Waals surface area contributed by atoms with E-state index in [-0.39, 0.29) is 12.2 Å². The van der Waals surface area contributed by atoms with Crippen LogP contribution in [0.2, 0.25) is 0 Å². The second-order valence-corrected chi connectivity index (χ2v) is 6.20. The summed E-state index contributed by atoms with van der Waals surface area (Å²) in [6.07, 6.45) is 13.3. The molecule has 0 saturated heterocycles. The first-order valence-electron chi connectivity index (χ1n) is 7.62. The van der Waals surface area contributed by atoms with Gasteiger partial charge in [-0.1, -0.05) is 19.3 Å². The van der Waals surface area contributed by atoms with Gasteiger partial charge in [-0.15, -0.1) is 0 Å². The zero-order valence-electron chi connectivity index (χ0n) is 11.0. The van der Waals surface area contributed by atoms with Gasteiger partial charge in [-0.25, -0.2) is 0 Å². The van der Waals surface area contributed by atoms with Crippen LogP contribution in [-0.2, 0) is 0 Å². The Bertz CT molecular complexity index is 176. The lowest BCUT2D eigenvalue weighted by atomic mass is 9.72. The molecule has 2 N–H and O–H groups in total. The van der Waals surface area contributed by atoms with E-state index in [9.17, 15) is 10.2 Å². The molecule has 0 atom stereocenters. The van der Waals surface area contributed by atoms with Crippen LogP contribution < -0.4 is 0 Å². The highest BCUT2D eigenvalue weighted by Gasteiger charge is 2.29. The highest BCUT2D eigenvalue weighted by Crippen LogP contribution is 2.38. The number of aliphatic hydroxyl groups excluding tert-OH is 2. The van der Waals surface area contributed by atoms with Crippen LogP contribution in [0.25, 0.3) is 0 Å². The van der Waals surface area contributed by atoms with E-state index in [1.807, 2.05) is 0 Å². The third-order valence-corrected chi connectivity index (χ3v) is 4.50. The summed E-state index contributed by atoms with van der Waals surface area (Å²) in [4.78, 5) is 0. The van der Waals surface area contributed by atoms with E-state index < -0.39 is 0 Å². The largest absolute Gasteiger partial charge is 0.393 e. The van der Waals surface area contributed by atoms with Gasteiger partial charge in [-0.2, -0.15) is 0 Å². The van der Waals surface area contributed by atoms with E-state index in [4.69, 9.17) is 0 Å². The van der Waals surface area contributed by atoms with Crippen LogP contribution in [0, 0.1) is 11.8 Å². The van der Waals surface area contributed by atoms with Crippen molar-refractivity contribution >= 4 is 0 Å². The average Bonchev–Trinajstić information content (AvgIpc) is 3.19. The van der Waals surface area contributed by atoms with E-state index >= 15 is 0 Å². The molecule has 100 valence electrons. The van der Waals surface area contributed by atoms with Gasteiger partial charge in [0.05, 0.1) is 12.2 Å². The van der Waals surface area contributed by atoms with Gasteiger partial charge in [-0.05, 0) is 63.2 Å². The minimum atomic E-state index is -0.0274. The first-order valence-corrected chi connectivity index (χ1v) is 7.62. The predicted molar refractivity (Wildman–Crippen MR) is 69.8 cm³/mol. The molecule has 0 aromatic heterocycles. The summed E-state index contributed by atoms with van der Waals surface area (Å²) < 4.78 is 0. The first-order chi connectivity index (χ1) is 8.25. The van der Waals surface area contributed by atoms with Gasteiger partial charge < -0.3 is 10.2 Å². The lowest BCUT2D eigenvalue weighted by molar-refractivity contribution is 0.0543. The van der Waals surface area contributed by atoms with Crippen molar-refractivity contribution in [1.29, 1.82) is 0 Å². The summed E-state index contributed by atoms with van der Waals surface area (Å²) in [5.74, 6) is 1.68. The van der Waals surface area contributed by atoms with Crippen molar-refractivity contribution in [3.05, 3.63) is 0 Å². The van der Waals surface area contributed by atoms with Gasteiger partial charge in [0.1, 0.15) is 0 Å². The van der Waals surface area contributed by atoms with Crippen molar-refractivity contribution in [3.63, 3.8) is 0 Å². The molecule has 0 aromatic rings. The van der Waals surface area contributed by atoms with Gasteiger partial charge in [0.2, 0.25) is 0 Å². The Hall–Kier alpha value is -0.0800. The maximum Gasteiger partial charge on any atom is 0.0540 e. The molecular formula is C15H28O2. The summed E-state index contributed by atoms with van der Waals surface area (Å²) in [5.41, 5.74) is 0. The molecule has 0 aromatic carbocycles. The second kappa shape index (κ2) is 6.75. The van der Waals surface area contributed by atoms with Crippen LogP contribution in [0.3, 0.4) is 0 Å². The molecule has 3 fully saturated rings. The molecule has 0 amide bonds. The van der Waals surface area contributed by atoms with Crippen LogP contribution in [0.15, 0.2) is 0 Å². The third-order valence-electron chi connectivity index (χ3n) is 4.50. The molecule has 3 aliphatic rings. The second-order valence-electron chi connectivity index (χ2n) is 6.20. The first kappa shape index (κ1) is 13.4. The monoisotopic (exact) mass is 240 g/mol. The van der Waals surface area contributed by atoms with E-state index in [2.05, 4.69) is 0 Å². The Balaban J connectivity index is 0.000000313. The lowest BCUT2D eigenvalue weighted by Crippen LogP contribution is -2.28. The van der Waals surface area contributed by atoms with Gasteiger partial charge in [0, 0.05) is 0 Å². The van der Waals surface area contributed by atoms with Crippen LogP contribution in [0.1, 0.15) is 70.6 Å². The zero-order chi connectivity index (χ0) is 12.1. The lowest BCUT2D eigenvalue weighted by Gasteiger charge is -2.35. The third kappa shape index (κ3) is 4.97. The fourth-order valence-electron chi connectivity index (χ4n) is 3.15. The van der Waals surface area contributed by atoms with E-state index in [0.717, 1.165) is 37.5 Å². The number of rotatable bonds is 1. The Morgan fingerprint density at radius 1 is 0.471 bits per heavy atom. The number of hydrogen-bond donors (Lipinski definition) is 2. The van der Waals surface area contributed by atoms with Gasteiger partial charge in [0.25, 0.3) is 0 Å². The van der Waals surface area contributed by atoms with Crippen LogP contribution >= 0.6 is 0 Å². The minimum absolute atomic E-state index is 0.0274. The van der Waals surface area contributed by atoms with Crippen LogP contribution in [0.5, 0.6) is 0 Å². The highest BCUT2D eigenvalue weighted by molar-refractivity contribution is 4.81. The Morgan fingerprint density at radius 2 is 0.765 bits per heavy atom. The summed E-state index contributed by atoms with van der Waals surface area (Å²) >= 11 is 0. The normalized spacial score (nSPS) is 41.3. The minimum Gasteiger partial charge on any atom is -0.393 e. The molecule has 3 aliphatic carbocycles. The van der Waals surface area contributed by atoms with Crippen molar-refractivity contribution in [3.8, 4) is 0 Å². The Morgan fingerprint density at radius 3 is 1.00 bits per heavy atom. The van der Waals surface area contributed by atoms with E-state index in [0.29, 0.717) is 0 Å². The summed E-state index contributed by atoms with van der Waals surface area (Å²) in [5, 5.41) is 18.9. The molecular weight excluding hydrogens is 212 g/mol. The summed E-state index contributed by atoms with van der Waals surface area (Å²) in [6.45, 7) is 0. The average molecular weight is 240 g/mol. The molecule has 0 bridgehead atoms. The van der Waals surface area contributed by atoms with Crippen LogP contribution in [0.4, 0.5) is 0 Å². The van der Waals surface area contributed by atoms with Gasteiger partial charge in [0.15, 0.2) is 0 Å². The molecule has 2 nitrogen and oxygen atoms in total. The molecule has 0 unspecified atom stereocenters. The van der Waals surface area contributed by atoms with Crippen molar-refractivity contribution in [2.45, 2.75) is 82.8 Å². The van der Waals surface area contributed by atoms with E-state index in [1.165, 1.54) is 44.9 Å². The SMILES string of the molecule is C1CC1.OC1CCC(C2CCC(O)CC2)CC1. The fraction of sp³-hybridized carbons (Fsp3) is 1.00. The smallest absolute Gasteiger partial charge is 0.0540 e. The maximum absolute atomic E-state index is 9.43. The quantitative estimate of drug-likeness (QED) is 0.738. The van der Waals surface area contributed by atoms with Crippen LogP contribution in [-0.4, -0.2) is 22.4 Å². The topological polar surface area (TPSA) is 40.5 Å². The Kier molecular flexibility index (Phi) is 5.30. The van der Waals surface area contributed by atoms with Crippen molar-refractivity contribution < 1.29 is 10.2 Å². The van der Waals surface area contributed by atoms with Gasteiger partial charge in [-0.3, -0.25) is 0 Å². The zero-order valence-corrected chi connectivity index (χ0v) is 11.0. The number of aliphatic hydroxyl groups is 2. The molecule has 0 radical (unpaired) electrons. The van der Waals surface area contributed by atoms with Crippen molar-refractivity contribution in [2.75, 3.05) is 0 Å². The van der Waals surface area contributed by atoms with Crippen molar-refractivity contribution in [1.82, 2.24) is 0 Å². The molecule has 0 aliphatic heterocycles. The standard InChI is InChI=1S/C12H22O2.C3H6/c13-11-5-1-9(2-6-11)10-3-7-12(14)8-4-10;1-2-3-1/h9-14H,1-8H2;1-3H2. The molecule has 0 spiro atoms. The Labute approximate surface area is 105 Å². The maximum atomic E-state index is 9.43. The van der Waals surface area contributed by atoms with Gasteiger partial charge >= 0.3 is 0 Å². The summed E-state index contributed by atoms with van der Waals surface area (Å²) in [7, 11) is 0. The highest BCUT2D eigenvalue weighted by atomic mass is 16.3. The molecule has 3 saturated carbocycles. The van der Waals surface area contributed by atoms with E-state index in [1.54, 1.807) is 0 Å². The number of hydrogen-bond acceptors (Lipinski definition) is 2. The van der Waals surface area contributed by atoms with Crippen molar-refractivity contribution in [2.24, 2.45) is 11.8 Å². The fourth-order valence-corrected chi connectivity index (χ4v) is 3.15. The molecule has 17 heavy (non-hydrogen) atoms. The molecule has 0 heterocycles. The molecule has 2 heteroatoms.